The van der Waals surface area contributed by atoms with Gasteiger partial charge in [0.05, 0.1) is 6.04 Å². The lowest BCUT2D eigenvalue weighted by Crippen LogP contribution is -2.21. The summed E-state index contributed by atoms with van der Waals surface area (Å²) in [4.78, 5) is 7.00. The van der Waals surface area contributed by atoms with Crippen LogP contribution in [-0.4, -0.2) is 30.1 Å². The van der Waals surface area contributed by atoms with Crippen LogP contribution >= 0.6 is 11.8 Å². The minimum atomic E-state index is 0.488. The molecule has 0 fully saturated rings. The van der Waals surface area contributed by atoms with Crippen molar-refractivity contribution in [2.45, 2.75) is 33.2 Å². The first-order valence-corrected chi connectivity index (χ1v) is 8.08. The van der Waals surface area contributed by atoms with E-state index in [-0.39, 0.29) is 0 Å². The molecule has 0 aromatic heterocycles. The molecule has 0 bridgehead atoms. The van der Waals surface area contributed by atoms with E-state index < -0.39 is 0 Å². The molecule has 0 saturated carbocycles. The van der Waals surface area contributed by atoms with Crippen molar-refractivity contribution in [3.8, 4) is 0 Å². The predicted molar refractivity (Wildman–Crippen MR) is 87.6 cm³/mol. The van der Waals surface area contributed by atoms with Gasteiger partial charge in [0.2, 0.25) is 0 Å². The van der Waals surface area contributed by atoms with Crippen LogP contribution in [-0.2, 0) is 0 Å². The summed E-state index contributed by atoms with van der Waals surface area (Å²) >= 11 is 1.82. The summed E-state index contributed by atoms with van der Waals surface area (Å²) < 4.78 is 0. The molecule has 3 nitrogen and oxygen atoms in total. The average Bonchev–Trinajstić information content (AvgIpc) is 2.90. The number of hydrogen-bond donors (Lipinski definition) is 1. The second-order valence-electron chi connectivity index (χ2n) is 4.65. The van der Waals surface area contributed by atoms with E-state index in [4.69, 9.17) is 0 Å². The normalized spacial score (nSPS) is 18.3. The van der Waals surface area contributed by atoms with Crippen LogP contribution in [0.2, 0.25) is 0 Å². The quantitative estimate of drug-likeness (QED) is 0.886. The van der Waals surface area contributed by atoms with Gasteiger partial charge in [-0.15, -0.1) is 0 Å². The lowest BCUT2D eigenvalue weighted by molar-refractivity contribution is 0.738. The summed E-state index contributed by atoms with van der Waals surface area (Å²) in [6.45, 7) is 8.65. The number of nitrogens with one attached hydrogen (secondary N) is 1. The smallest absolute Gasteiger partial charge is 0.161 e. The van der Waals surface area contributed by atoms with Crippen LogP contribution in [0.5, 0.6) is 0 Å². The standard InChI is InChI=1S/C15H23N3S/c1-4-12-11-19-15(16-12)17-13-7-9-14(10-8-13)18(5-2)6-3/h7-10,12H,4-6,11H2,1-3H3,(H,16,17). The fourth-order valence-corrected chi connectivity index (χ4v) is 3.23. The van der Waals surface area contributed by atoms with Gasteiger partial charge in [-0.1, -0.05) is 18.7 Å². The molecule has 1 aliphatic heterocycles. The molecule has 1 atom stereocenters. The van der Waals surface area contributed by atoms with Gasteiger partial charge in [0.25, 0.3) is 0 Å². The summed E-state index contributed by atoms with van der Waals surface area (Å²) in [7, 11) is 0. The Morgan fingerprint density at radius 1 is 1.21 bits per heavy atom. The SMILES string of the molecule is CCC1CSC(Nc2ccc(N(CC)CC)cc2)=N1. The fraction of sp³-hybridized carbons (Fsp3) is 0.533. The van der Waals surface area contributed by atoms with Gasteiger partial charge in [-0.2, -0.15) is 0 Å². The van der Waals surface area contributed by atoms with Gasteiger partial charge in [0.1, 0.15) is 0 Å². The maximum absolute atomic E-state index is 4.65. The van der Waals surface area contributed by atoms with Crippen LogP contribution in [0.4, 0.5) is 11.4 Å². The van der Waals surface area contributed by atoms with Crippen molar-refractivity contribution in [3.05, 3.63) is 24.3 Å². The highest BCUT2D eigenvalue weighted by molar-refractivity contribution is 8.14. The highest BCUT2D eigenvalue weighted by Gasteiger charge is 2.16. The third kappa shape index (κ3) is 3.66. The molecule has 0 saturated heterocycles. The van der Waals surface area contributed by atoms with Crippen molar-refractivity contribution >= 4 is 28.3 Å². The van der Waals surface area contributed by atoms with Crippen molar-refractivity contribution in [2.75, 3.05) is 29.1 Å². The van der Waals surface area contributed by atoms with E-state index >= 15 is 0 Å². The topological polar surface area (TPSA) is 27.6 Å². The summed E-state index contributed by atoms with van der Waals surface area (Å²) in [6, 6.07) is 9.11. The van der Waals surface area contributed by atoms with E-state index in [0.29, 0.717) is 6.04 Å². The maximum Gasteiger partial charge on any atom is 0.161 e. The van der Waals surface area contributed by atoms with Crippen LogP contribution < -0.4 is 10.2 Å². The zero-order valence-electron chi connectivity index (χ0n) is 12.0. The monoisotopic (exact) mass is 277 g/mol. The Labute approximate surface area is 120 Å². The Morgan fingerprint density at radius 2 is 1.89 bits per heavy atom. The summed E-state index contributed by atoms with van der Waals surface area (Å²) in [6.07, 6.45) is 1.12. The second-order valence-corrected chi connectivity index (χ2v) is 5.66. The molecular weight excluding hydrogens is 254 g/mol. The first-order chi connectivity index (χ1) is 9.26. The summed E-state index contributed by atoms with van der Waals surface area (Å²) in [5, 5.41) is 4.46. The van der Waals surface area contributed by atoms with Crippen LogP contribution in [0.15, 0.2) is 29.3 Å². The third-order valence-electron chi connectivity index (χ3n) is 3.43. The van der Waals surface area contributed by atoms with E-state index in [1.165, 1.54) is 5.69 Å². The fourth-order valence-electron chi connectivity index (χ4n) is 2.16. The van der Waals surface area contributed by atoms with E-state index in [1.54, 1.807) is 0 Å². The first-order valence-electron chi connectivity index (χ1n) is 7.09. The van der Waals surface area contributed by atoms with Crippen molar-refractivity contribution < 1.29 is 0 Å². The molecule has 1 aromatic carbocycles. The van der Waals surface area contributed by atoms with Crippen molar-refractivity contribution in [1.82, 2.24) is 0 Å². The minimum absolute atomic E-state index is 0.488. The Kier molecular flexibility index (Phi) is 5.14. The number of amidine groups is 1. The van der Waals surface area contributed by atoms with Crippen molar-refractivity contribution in [2.24, 2.45) is 4.99 Å². The molecule has 1 unspecified atom stereocenters. The second kappa shape index (κ2) is 6.85. The molecule has 1 aromatic rings. The number of aliphatic imine (C=N–C) groups is 1. The van der Waals surface area contributed by atoms with Gasteiger partial charge >= 0.3 is 0 Å². The molecule has 1 aliphatic rings. The van der Waals surface area contributed by atoms with Crippen LogP contribution in [0.1, 0.15) is 27.2 Å². The minimum Gasteiger partial charge on any atom is -0.372 e. The maximum atomic E-state index is 4.65. The highest BCUT2D eigenvalue weighted by atomic mass is 32.2. The van der Waals surface area contributed by atoms with Gasteiger partial charge in [-0.25, -0.2) is 0 Å². The largest absolute Gasteiger partial charge is 0.372 e. The highest BCUT2D eigenvalue weighted by Crippen LogP contribution is 2.23. The van der Waals surface area contributed by atoms with Crippen LogP contribution in [0.3, 0.4) is 0 Å². The number of hydrogen-bond acceptors (Lipinski definition) is 4. The zero-order valence-corrected chi connectivity index (χ0v) is 12.8. The molecule has 19 heavy (non-hydrogen) atoms. The Bertz CT molecular complexity index is 424. The van der Waals surface area contributed by atoms with E-state index in [9.17, 15) is 0 Å². The molecule has 104 valence electrons. The van der Waals surface area contributed by atoms with Gasteiger partial charge in [0, 0.05) is 30.2 Å². The molecular formula is C15H23N3S. The number of thioether (sulfide) groups is 1. The molecule has 0 spiro atoms. The Morgan fingerprint density at radius 3 is 2.42 bits per heavy atom. The Balaban J connectivity index is 1.99. The first kappa shape index (κ1) is 14.3. The third-order valence-corrected chi connectivity index (χ3v) is 4.46. The van der Waals surface area contributed by atoms with Gasteiger partial charge < -0.3 is 10.2 Å². The lowest BCUT2D eigenvalue weighted by atomic mass is 10.2. The molecule has 1 N–H and O–H groups in total. The number of anilines is 2. The van der Waals surface area contributed by atoms with E-state index in [1.807, 2.05) is 11.8 Å². The van der Waals surface area contributed by atoms with Crippen LogP contribution in [0, 0.1) is 0 Å². The van der Waals surface area contributed by atoms with Gasteiger partial charge in [0.15, 0.2) is 5.17 Å². The van der Waals surface area contributed by atoms with Gasteiger partial charge in [-0.3, -0.25) is 4.99 Å². The average molecular weight is 277 g/mol. The van der Waals surface area contributed by atoms with Gasteiger partial charge in [-0.05, 0) is 44.5 Å². The number of nitrogens with zero attached hydrogens (tertiary/aromatic N) is 2. The lowest BCUT2D eigenvalue weighted by Gasteiger charge is -2.21. The molecule has 1 heterocycles. The van der Waals surface area contributed by atoms with Crippen LogP contribution in [0.25, 0.3) is 0 Å². The van der Waals surface area contributed by atoms with Crippen molar-refractivity contribution in [3.63, 3.8) is 0 Å². The van der Waals surface area contributed by atoms with E-state index in [2.05, 4.69) is 60.2 Å². The molecule has 2 rings (SSSR count). The summed E-state index contributed by atoms with van der Waals surface area (Å²) in [5.74, 6) is 1.11. The number of rotatable bonds is 5. The Hall–Kier alpha value is -1.16. The number of benzene rings is 1. The zero-order chi connectivity index (χ0) is 13.7. The van der Waals surface area contributed by atoms with E-state index in [0.717, 1.165) is 36.1 Å². The van der Waals surface area contributed by atoms with Crippen molar-refractivity contribution in [1.29, 1.82) is 0 Å². The summed E-state index contributed by atoms with van der Waals surface area (Å²) in [5.41, 5.74) is 2.40. The molecule has 0 amide bonds. The predicted octanol–water partition coefficient (Wildman–Crippen LogP) is 3.83. The molecule has 4 heteroatoms. The molecule has 0 aliphatic carbocycles. The molecule has 0 radical (unpaired) electrons.